The molecule has 21 heavy (non-hydrogen) atoms. The average molecular weight is 288 g/mol. The molecule has 1 aromatic carbocycles. The van der Waals surface area contributed by atoms with Crippen molar-refractivity contribution >= 4 is 0 Å². The minimum absolute atomic E-state index is 0.676. The molecule has 1 aliphatic carbocycles. The first kappa shape index (κ1) is 14.9. The molecule has 3 rings (SSSR count). The zero-order chi connectivity index (χ0) is 14.3. The molecule has 0 unspecified atom stereocenters. The quantitative estimate of drug-likeness (QED) is 0.765. The first-order valence-electron chi connectivity index (χ1n) is 8.72. The van der Waals surface area contributed by atoms with E-state index in [9.17, 15) is 0 Å². The summed E-state index contributed by atoms with van der Waals surface area (Å²) >= 11 is 0. The van der Waals surface area contributed by atoms with Crippen molar-refractivity contribution in [3.05, 3.63) is 29.8 Å². The third-order valence-electron chi connectivity index (χ3n) is 5.09. The van der Waals surface area contributed by atoms with E-state index in [-0.39, 0.29) is 0 Å². The van der Waals surface area contributed by atoms with Crippen LogP contribution in [-0.4, -0.2) is 19.8 Å². The second-order valence-electron chi connectivity index (χ2n) is 6.60. The van der Waals surface area contributed by atoms with Crippen LogP contribution < -0.4 is 4.74 Å². The van der Waals surface area contributed by atoms with Crippen LogP contribution in [0.15, 0.2) is 24.3 Å². The fourth-order valence-electron chi connectivity index (χ4n) is 3.69. The largest absolute Gasteiger partial charge is 0.494 e. The van der Waals surface area contributed by atoms with Gasteiger partial charge in [0, 0.05) is 13.2 Å². The lowest BCUT2D eigenvalue weighted by atomic mass is 9.87. The summed E-state index contributed by atoms with van der Waals surface area (Å²) in [6.45, 7) is 2.69. The fraction of sp³-hybridized carbons (Fsp3) is 0.684. The van der Waals surface area contributed by atoms with Crippen LogP contribution in [0.3, 0.4) is 0 Å². The maximum Gasteiger partial charge on any atom is 0.119 e. The lowest BCUT2D eigenvalue weighted by molar-refractivity contribution is 0.0853. The molecule has 2 heteroatoms. The Kier molecular flexibility index (Phi) is 5.56. The average Bonchev–Trinajstić information content (AvgIpc) is 2.57. The van der Waals surface area contributed by atoms with Crippen LogP contribution in [-0.2, 0) is 4.74 Å². The Morgan fingerprint density at radius 1 is 0.905 bits per heavy atom. The van der Waals surface area contributed by atoms with E-state index in [2.05, 4.69) is 24.3 Å². The van der Waals surface area contributed by atoms with Crippen LogP contribution in [0.5, 0.6) is 5.75 Å². The summed E-state index contributed by atoms with van der Waals surface area (Å²) in [6, 6.07) is 8.77. The van der Waals surface area contributed by atoms with Gasteiger partial charge in [0.25, 0.3) is 0 Å². The van der Waals surface area contributed by atoms with Gasteiger partial charge in [0.2, 0.25) is 0 Å². The van der Waals surface area contributed by atoms with Gasteiger partial charge in [0.05, 0.1) is 6.61 Å². The Hall–Kier alpha value is -1.02. The molecule has 1 saturated heterocycles. The minimum atomic E-state index is 0.676. The summed E-state index contributed by atoms with van der Waals surface area (Å²) in [7, 11) is 0. The third kappa shape index (κ3) is 4.47. The highest BCUT2D eigenvalue weighted by Gasteiger charge is 2.16. The van der Waals surface area contributed by atoms with Crippen LogP contribution in [0.2, 0.25) is 0 Å². The van der Waals surface area contributed by atoms with Crippen molar-refractivity contribution in [2.75, 3.05) is 19.8 Å². The first-order chi connectivity index (χ1) is 10.4. The molecule has 1 aliphatic heterocycles. The molecule has 0 spiro atoms. The van der Waals surface area contributed by atoms with E-state index in [0.29, 0.717) is 5.92 Å². The van der Waals surface area contributed by atoms with Gasteiger partial charge < -0.3 is 9.47 Å². The molecule has 1 heterocycles. The standard InChI is InChI=1S/C19H28O2/c1-2-4-16(5-3-1)10-15-21-19-8-6-17(7-9-19)18-11-13-20-14-12-18/h6-9,16,18H,1-5,10-15H2. The summed E-state index contributed by atoms with van der Waals surface area (Å²) in [5.41, 5.74) is 1.44. The number of benzene rings is 1. The highest BCUT2D eigenvalue weighted by molar-refractivity contribution is 5.29. The lowest BCUT2D eigenvalue weighted by Crippen LogP contribution is -2.14. The van der Waals surface area contributed by atoms with Crippen molar-refractivity contribution < 1.29 is 9.47 Å². The van der Waals surface area contributed by atoms with Crippen molar-refractivity contribution in [3.8, 4) is 5.75 Å². The topological polar surface area (TPSA) is 18.5 Å². The van der Waals surface area contributed by atoms with E-state index >= 15 is 0 Å². The Morgan fingerprint density at radius 2 is 1.62 bits per heavy atom. The Morgan fingerprint density at radius 3 is 2.33 bits per heavy atom. The van der Waals surface area contributed by atoms with Gasteiger partial charge >= 0.3 is 0 Å². The molecule has 1 aromatic rings. The van der Waals surface area contributed by atoms with Crippen LogP contribution in [0.1, 0.15) is 62.8 Å². The second kappa shape index (κ2) is 7.84. The Bertz CT molecular complexity index is 400. The van der Waals surface area contributed by atoms with Crippen molar-refractivity contribution in [3.63, 3.8) is 0 Å². The maximum absolute atomic E-state index is 5.93. The number of hydrogen-bond donors (Lipinski definition) is 0. The van der Waals surface area contributed by atoms with Gasteiger partial charge in [0.1, 0.15) is 5.75 Å². The van der Waals surface area contributed by atoms with Gasteiger partial charge in [-0.15, -0.1) is 0 Å². The van der Waals surface area contributed by atoms with Gasteiger partial charge in [-0.3, -0.25) is 0 Å². The van der Waals surface area contributed by atoms with Crippen LogP contribution in [0.25, 0.3) is 0 Å². The number of rotatable bonds is 5. The normalized spacial score (nSPS) is 21.3. The molecule has 2 nitrogen and oxygen atoms in total. The molecule has 0 aromatic heterocycles. The van der Waals surface area contributed by atoms with Crippen molar-refractivity contribution in [2.24, 2.45) is 5.92 Å². The van der Waals surface area contributed by atoms with Crippen LogP contribution >= 0.6 is 0 Å². The highest BCUT2D eigenvalue weighted by Crippen LogP contribution is 2.29. The predicted octanol–water partition coefficient (Wildman–Crippen LogP) is 4.93. The lowest BCUT2D eigenvalue weighted by Gasteiger charge is -2.23. The van der Waals surface area contributed by atoms with E-state index in [1.807, 2.05) is 0 Å². The molecule has 0 bridgehead atoms. The number of hydrogen-bond acceptors (Lipinski definition) is 2. The Labute approximate surface area is 128 Å². The predicted molar refractivity (Wildman–Crippen MR) is 85.9 cm³/mol. The molecule has 0 N–H and O–H groups in total. The van der Waals surface area contributed by atoms with E-state index in [1.165, 1.54) is 44.1 Å². The molecule has 0 radical (unpaired) electrons. The summed E-state index contributed by atoms with van der Waals surface area (Å²) in [5, 5.41) is 0. The smallest absolute Gasteiger partial charge is 0.119 e. The molecule has 2 aliphatic rings. The Balaban J connectivity index is 1.43. The molecule has 0 atom stereocenters. The van der Waals surface area contributed by atoms with E-state index in [1.54, 1.807) is 0 Å². The molecule has 116 valence electrons. The third-order valence-corrected chi connectivity index (χ3v) is 5.09. The van der Waals surface area contributed by atoms with Crippen molar-refractivity contribution in [2.45, 2.75) is 57.3 Å². The fourth-order valence-corrected chi connectivity index (χ4v) is 3.69. The maximum atomic E-state index is 5.93. The minimum Gasteiger partial charge on any atom is -0.494 e. The zero-order valence-corrected chi connectivity index (χ0v) is 13.1. The van der Waals surface area contributed by atoms with Gasteiger partial charge in [-0.2, -0.15) is 0 Å². The molecule has 0 amide bonds. The van der Waals surface area contributed by atoms with Gasteiger partial charge in [-0.05, 0) is 48.8 Å². The van der Waals surface area contributed by atoms with E-state index in [4.69, 9.17) is 9.47 Å². The molecule has 1 saturated carbocycles. The molecular weight excluding hydrogens is 260 g/mol. The summed E-state index contributed by atoms with van der Waals surface area (Å²) in [6.07, 6.45) is 10.6. The van der Waals surface area contributed by atoms with Gasteiger partial charge in [-0.25, -0.2) is 0 Å². The highest BCUT2D eigenvalue weighted by atomic mass is 16.5. The monoisotopic (exact) mass is 288 g/mol. The first-order valence-corrected chi connectivity index (χ1v) is 8.72. The number of ether oxygens (including phenoxy) is 2. The molecular formula is C19H28O2. The van der Waals surface area contributed by atoms with Crippen LogP contribution in [0.4, 0.5) is 0 Å². The van der Waals surface area contributed by atoms with Gasteiger partial charge in [0.15, 0.2) is 0 Å². The van der Waals surface area contributed by atoms with Crippen LogP contribution in [0, 0.1) is 5.92 Å². The SMILES string of the molecule is c1cc(C2CCOCC2)ccc1OCCC1CCCCC1. The van der Waals surface area contributed by atoms with Crippen molar-refractivity contribution in [1.82, 2.24) is 0 Å². The summed E-state index contributed by atoms with van der Waals surface area (Å²) in [5.74, 6) is 2.61. The van der Waals surface area contributed by atoms with Gasteiger partial charge in [-0.1, -0.05) is 44.2 Å². The van der Waals surface area contributed by atoms with E-state index < -0.39 is 0 Å². The van der Waals surface area contributed by atoms with E-state index in [0.717, 1.165) is 44.3 Å². The zero-order valence-electron chi connectivity index (χ0n) is 13.1. The molecule has 2 fully saturated rings. The van der Waals surface area contributed by atoms with Crippen molar-refractivity contribution in [1.29, 1.82) is 0 Å². The second-order valence-corrected chi connectivity index (χ2v) is 6.60. The summed E-state index contributed by atoms with van der Waals surface area (Å²) in [4.78, 5) is 0. The summed E-state index contributed by atoms with van der Waals surface area (Å²) < 4.78 is 11.4.